The lowest BCUT2D eigenvalue weighted by Crippen LogP contribution is -2.25. The maximum Gasteiger partial charge on any atom is 0.220 e. The van der Waals surface area contributed by atoms with Gasteiger partial charge in [0, 0.05) is 35.6 Å². The van der Waals surface area contributed by atoms with Gasteiger partial charge in [-0.2, -0.15) is 0 Å². The van der Waals surface area contributed by atoms with Gasteiger partial charge in [-0.15, -0.1) is 11.8 Å². The van der Waals surface area contributed by atoms with Crippen molar-refractivity contribution in [2.45, 2.75) is 17.7 Å². The number of amides is 1. The topological polar surface area (TPSA) is 55.1 Å². The first-order valence-electron chi connectivity index (χ1n) is 8.36. The standard InChI is InChI=1S/C20H19ClN2O2S/c21-17-9-5-4-8-16(17)18-14-23-20(25-18)11-10-19(24)22-12-13-26-15-6-2-1-3-7-15/h1-9,14H,10-13H2,(H,22,24). The van der Waals surface area contributed by atoms with Crippen molar-refractivity contribution in [1.82, 2.24) is 10.3 Å². The predicted molar refractivity (Wildman–Crippen MR) is 105 cm³/mol. The van der Waals surface area contributed by atoms with Crippen LogP contribution in [0.4, 0.5) is 0 Å². The van der Waals surface area contributed by atoms with Crippen LogP contribution in [0.1, 0.15) is 12.3 Å². The Morgan fingerprint density at radius 1 is 1.12 bits per heavy atom. The first-order chi connectivity index (χ1) is 12.7. The van der Waals surface area contributed by atoms with Crippen LogP contribution in [0.3, 0.4) is 0 Å². The molecule has 0 unspecified atom stereocenters. The second-order valence-corrected chi connectivity index (χ2v) is 7.19. The van der Waals surface area contributed by atoms with Crippen LogP contribution in [0.25, 0.3) is 11.3 Å². The summed E-state index contributed by atoms with van der Waals surface area (Å²) in [7, 11) is 0. The molecule has 0 radical (unpaired) electrons. The average molecular weight is 387 g/mol. The third-order valence-electron chi connectivity index (χ3n) is 3.69. The molecule has 6 heteroatoms. The number of thioether (sulfide) groups is 1. The number of oxazole rings is 1. The molecule has 1 aromatic heterocycles. The number of halogens is 1. The van der Waals surface area contributed by atoms with E-state index in [1.807, 2.05) is 36.4 Å². The van der Waals surface area contributed by atoms with Gasteiger partial charge >= 0.3 is 0 Å². The van der Waals surface area contributed by atoms with Gasteiger partial charge in [-0.3, -0.25) is 4.79 Å². The van der Waals surface area contributed by atoms with Gasteiger partial charge in [0.25, 0.3) is 0 Å². The Balaban J connectivity index is 1.40. The Labute approximate surface area is 162 Å². The number of aromatic nitrogens is 1. The van der Waals surface area contributed by atoms with E-state index in [0.29, 0.717) is 36.1 Å². The lowest BCUT2D eigenvalue weighted by molar-refractivity contribution is -0.121. The van der Waals surface area contributed by atoms with Gasteiger partial charge in [0.2, 0.25) is 5.91 Å². The number of carbonyl (C=O) groups excluding carboxylic acids is 1. The van der Waals surface area contributed by atoms with Crippen LogP contribution in [0.15, 0.2) is 70.1 Å². The molecule has 0 fully saturated rings. The Bertz CT molecular complexity index is 852. The normalized spacial score (nSPS) is 10.7. The summed E-state index contributed by atoms with van der Waals surface area (Å²) in [4.78, 5) is 17.4. The van der Waals surface area contributed by atoms with Crippen LogP contribution in [-0.4, -0.2) is 23.2 Å². The molecule has 0 atom stereocenters. The molecule has 0 saturated carbocycles. The molecule has 0 spiro atoms. The molecule has 1 heterocycles. The number of nitrogens with zero attached hydrogens (tertiary/aromatic N) is 1. The highest BCUT2D eigenvalue weighted by atomic mass is 35.5. The molecule has 0 aliphatic carbocycles. The van der Waals surface area contributed by atoms with Crippen molar-refractivity contribution in [3.8, 4) is 11.3 Å². The highest BCUT2D eigenvalue weighted by molar-refractivity contribution is 7.99. The maximum atomic E-state index is 11.9. The van der Waals surface area contributed by atoms with Gasteiger partial charge in [0.1, 0.15) is 0 Å². The first kappa shape index (κ1) is 18.5. The van der Waals surface area contributed by atoms with E-state index < -0.39 is 0 Å². The lowest BCUT2D eigenvalue weighted by atomic mass is 10.2. The van der Waals surface area contributed by atoms with Crippen LogP contribution in [0, 0.1) is 0 Å². The maximum absolute atomic E-state index is 11.9. The van der Waals surface area contributed by atoms with Crippen LogP contribution in [0.2, 0.25) is 5.02 Å². The zero-order chi connectivity index (χ0) is 18.2. The smallest absolute Gasteiger partial charge is 0.220 e. The molecule has 3 aromatic rings. The minimum Gasteiger partial charge on any atom is -0.441 e. The van der Waals surface area contributed by atoms with E-state index in [4.69, 9.17) is 16.0 Å². The van der Waals surface area contributed by atoms with E-state index in [9.17, 15) is 4.79 Å². The SMILES string of the molecule is O=C(CCc1ncc(-c2ccccc2Cl)o1)NCCSc1ccccc1. The van der Waals surface area contributed by atoms with Gasteiger partial charge in [-0.25, -0.2) is 4.98 Å². The highest BCUT2D eigenvalue weighted by Crippen LogP contribution is 2.28. The van der Waals surface area contributed by atoms with Gasteiger partial charge in [0.15, 0.2) is 11.7 Å². The predicted octanol–water partition coefficient (Wildman–Crippen LogP) is 4.84. The molecule has 0 saturated heterocycles. The third-order valence-corrected chi connectivity index (χ3v) is 5.04. The summed E-state index contributed by atoms with van der Waals surface area (Å²) in [6.07, 6.45) is 2.45. The lowest BCUT2D eigenvalue weighted by Gasteiger charge is -2.04. The monoisotopic (exact) mass is 386 g/mol. The molecule has 4 nitrogen and oxygen atoms in total. The number of aryl methyl sites for hydroxylation is 1. The zero-order valence-corrected chi connectivity index (χ0v) is 15.7. The zero-order valence-electron chi connectivity index (χ0n) is 14.2. The van der Waals surface area contributed by atoms with Crippen LogP contribution in [-0.2, 0) is 11.2 Å². The van der Waals surface area contributed by atoms with Gasteiger partial charge in [-0.1, -0.05) is 41.9 Å². The fourth-order valence-corrected chi connectivity index (χ4v) is 3.41. The Kier molecular flexibility index (Phi) is 6.75. The fourth-order valence-electron chi connectivity index (χ4n) is 2.40. The number of hydrogen-bond acceptors (Lipinski definition) is 4. The number of rotatable bonds is 8. The van der Waals surface area contributed by atoms with E-state index in [-0.39, 0.29) is 5.91 Å². The van der Waals surface area contributed by atoms with Crippen molar-refractivity contribution in [3.05, 3.63) is 71.7 Å². The number of benzene rings is 2. The average Bonchev–Trinajstić information content (AvgIpc) is 3.13. The van der Waals surface area contributed by atoms with Crippen molar-refractivity contribution in [2.24, 2.45) is 0 Å². The van der Waals surface area contributed by atoms with Crippen molar-refractivity contribution >= 4 is 29.3 Å². The third kappa shape index (κ3) is 5.38. The molecule has 1 amide bonds. The molecule has 2 aromatic carbocycles. The van der Waals surface area contributed by atoms with Crippen LogP contribution >= 0.6 is 23.4 Å². The van der Waals surface area contributed by atoms with E-state index in [1.165, 1.54) is 4.90 Å². The molecule has 134 valence electrons. The van der Waals surface area contributed by atoms with Crippen LogP contribution in [0.5, 0.6) is 0 Å². The second kappa shape index (κ2) is 9.46. The molecule has 3 rings (SSSR count). The summed E-state index contributed by atoms with van der Waals surface area (Å²) in [5.41, 5.74) is 0.801. The van der Waals surface area contributed by atoms with Crippen molar-refractivity contribution in [1.29, 1.82) is 0 Å². The number of carbonyl (C=O) groups is 1. The van der Waals surface area contributed by atoms with Crippen molar-refractivity contribution < 1.29 is 9.21 Å². The van der Waals surface area contributed by atoms with Gasteiger partial charge in [0.05, 0.1) is 11.2 Å². The molecule has 26 heavy (non-hydrogen) atoms. The van der Waals surface area contributed by atoms with E-state index >= 15 is 0 Å². The highest BCUT2D eigenvalue weighted by Gasteiger charge is 2.11. The van der Waals surface area contributed by atoms with E-state index in [2.05, 4.69) is 22.4 Å². The molecule has 0 aliphatic heterocycles. The minimum atomic E-state index is -0.00356. The summed E-state index contributed by atoms with van der Waals surface area (Å²) in [6.45, 7) is 0.634. The minimum absolute atomic E-state index is 0.00356. The Morgan fingerprint density at radius 2 is 1.88 bits per heavy atom. The number of nitrogens with one attached hydrogen (secondary N) is 1. The Hall–Kier alpha value is -2.24. The molecule has 1 N–H and O–H groups in total. The summed E-state index contributed by atoms with van der Waals surface area (Å²) in [5, 5.41) is 3.54. The Morgan fingerprint density at radius 3 is 2.69 bits per heavy atom. The van der Waals surface area contributed by atoms with Gasteiger partial charge in [-0.05, 0) is 24.3 Å². The summed E-state index contributed by atoms with van der Waals surface area (Å²) < 4.78 is 5.70. The van der Waals surface area contributed by atoms with E-state index in [0.717, 1.165) is 11.3 Å². The quantitative estimate of drug-likeness (QED) is 0.444. The second-order valence-electron chi connectivity index (χ2n) is 5.61. The first-order valence-corrected chi connectivity index (χ1v) is 9.73. The molecular weight excluding hydrogens is 368 g/mol. The van der Waals surface area contributed by atoms with Crippen LogP contribution < -0.4 is 5.32 Å². The largest absolute Gasteiger partial charge is 0.441 e. The van der Waals surface area contributed by atoms with Crippen molar-refractivity contribution in [2.75, 3.05) is 12.3 Å². The number of hydrogen-bond donors (Lipinski definition) is 1. The molecule has 0 bridgehead atoms. The fraction of sp³-hybridized carbons (Fsp3) is 0.200. The summed E-state index contributed by atoms with van der Waals surface area (Å²) >= 11 is 7.88. The summed E-state index contributed by atoms with van der Waals surface area (Å²) in [5.74, 6) is 1.99. The van der Waals surface area contributed by atoms with Crippen molar-refractivity contribution in [3.63, 3.8) is 0 Å². The molecular formula is C20H19ClN2O2S. The van der Waals surface area contributed by atoms with Gasteiger partial charge < -0.3 is 9.73 Å². The summed E-state index contributed by atoms with van der Waals surface area (Å²) in [6, 6.07) is 17.6. The van der Waals surface area contributed by atoms with E-state index in [1.54, 1.807) is 24.0 Å². The molecule has 0 aliphatic rings.